The zero-order chi connectivity index (χ0) is 15.7. The molecule has 2 fully saturated rings. The summed E-state index contributed by atoms with van der Waals surface area (Å²) >= 11 is 2.48. The van der Waals surface area contributed by atoms with Crippen molar-refractivity contribution < 1.29 is 14.3 Å². The van der Waals surface area contributed by atoms with E-state index in [1.54, 1.807) is 0 Å². The first-order valence-corrected chi connectivity index (χ1v) is 9.29. The second-order valence-electron chi connectivity index (χ2n) is 6.57. The third kappa shape index (κ3) is 3.76. The van der Waals surface area contributed by atoms with Gasteiger partial charge in [-0.15, -0.1) is 0 Å². The van der Waals surface area contributed by atoms with Crippen LogP contribution in [0.3, 0.4) is 0 Å². The topological polar surface area (TPSA) is 35.5 Å². The molecule has 3 rings (SSSR count). The summed E-state index contributed by atoms with van der Waals surface area (Å²) in [7, 11) is 1.47. The average molecular weight is 414 g/mol. The summed E-state index contributed by atoms with van der Waals surface area (Å²) in [6.45, 7) is 2.78. The van der Waals surface area contributed by atoms with Crippen molar-refractivity contribution in [1.82, 2.24) is 0 Å². The van der Waals surface area contributed by atoms with Crippen LogP contribution in [-0.2, 0) is 9.53 Å². The Kier molecular flexibility index (Phi) is 4.95. The van der Waals surface area contributed by atoms with Gasteiger partial charge in [-0.25, -0.2) is 0 Å². The molecule has 0 bridgehead atoms. The van der Waals surface area contributed by atoms with Crippen molar-refractivity contribution in [3.05, 3.63) is 29.8 Å². The molecule has 0 heterocycles. The number of esters is 1. The molecular weight excluding hydrogens is 391 g/mol. The molecule has 0 amide bonds. The molecule has 2 aliphatic carbocycles. The molecule has 120 valence electrons. The maximum absolute atomic E-state index is 11.9. The first kappa shape index (κ1) is 16.1. The van der Waals surface area contributed by atoms with Gasteiger partial charge in [-0.05, 0) is 48.8 Å². The summed E-state index contributed by atoms with van der Waals surface area (Å²) in [5.74, 6) is 2.26. The van der Waals surface area contributed by atoms with Gasteiger partial charge in [0.2, 0.25) is 0 Å². The smallest absolute Gasteiger partial charge is 0.309 e. The van der Waals surface area contributed by atoms with Crippen LogP contribution >= 0.6 is 22.6 Å². The minimum Gasteiger partial charge on any atom is -0.493 e. The average Bonchev–Trinajstić information content (AvgIpc) is 3.44. The lowest BCUT2D eigenvalue weighted by molar-refractivity contribution is -0.145. The van der Waals surface area contributed by atoms with E-state index in [4.69, 9.17) is 9.47 Å². The zero-order valence-electron chi connectivity index (χ0n) is 13.1. The number of methoxy groups -OCH3 is 1. The van der Waals surface area contributed by atoms with Crippen LogP contribution in [0, 0.1) is 17.8 Å². The largest absolute Gasteiger partial charge is 0.493 e. The number of rotatable bonds is 7. The molecule has 1 aromatic rings. The van der Waals surface area contributed by atoms with E-state index in [0.29, 0.717) is 11.8 Å². The van der Waals surface area contributed by atoms with Gasteiger partial charge in [0.25, 0.3) is 0 Å². The van der Waals surface area contributed by atoms with Crippen molar-refractivity contribution in [2.45, 2.75) is 36.0 Å². The van der Waals surface area contributed by atoms with Crippen LogP contribution in [-0.4, -0.2) is 23.6 Å². The number of hydrogen-bond donors (Lipinski definition) is 0. The fourth-order valence-corrected chi connectivity index (χ4v) is 4.02. The van der Waals surface area contributed by atoms with E-state index in [1.807, 2.05) is 19.1 Å². The summed E-state index contributed by atoms with van der Waals surface area (Å²) in [6, 6.07) is 8.29. The quantitative estimate of drug-likeness (QED) is 0.381. The number of alkyl halides is 1. The first-order chi connectivity index (χ1) is 10.6. The van der Waals surface area contributed by atoms with E-state index in [0.717, 1.165) is 16.3 Å². The third-order valence-corrected chi connectivity index (χ3v) is 6.31. The molecule has 3 nitrogen and oxygen atoms in total. The van der Waals surface area contributed by atoms with E-state index in [-0.39, 0.29) is 17.8 Å². The summed E-state index contributed by atoms with van der Waals surface area (Å²) in [4.78, 5) is 11.9. The molecule has 0 N–H and O–H groups in total. The van der Waals surface area contributed by atoms with Gasteiger partial charge in [-0.1, -0.05) is 41.6 Å². The van der Waals surface area contributed by atoms with Crippen molar-refractivity contribution >= 4 is 28.6 Å². The van der Waals surface area contributed by atoms with Crippen molar-refractivity contribution in [2.75, 3.05) is 13.7 Å². The Balaban J connectivity index is 1.71. The predicted molar refractivity (Wildman–Crippen MR) is 94.5 cm³/mol. The molecule has 0 saturated heterocycles. The van der Waals surface area contributed by atoms with Gasteiger partial charge in [-0.2, -0.15) is 0 Å². The molecule has 0 aliphatic heterocycles. The van der Waals surface area contributed by atoms with Crippen molar-refractivity contribution in [1.29, 1.82) is 0 Å². The van der Waals surface area contributed by atoms with Crippen LogP contribution in [0.2, 0.25) is 0 Å². The molecule has 4 atom stereocenters. The lowest BCUT2D eigenvalue weighted by Gasteiger charge is -2.23. The highest BCUT2D eigenvalue weighted by molar-refractivity contribution is 14.1. The van der Waals surface area contributed by atoms with E-state index in [1.165, 1.54) is 31.9 Å². The number of ether oxygens (including phenoxy) is 2. The fourth-order valence-electron chi connectivity index (χ4n) is 3.15. The normalized spacial score (nSPS) is 26.1. The Hall–Kier alpha value is -0.780. The molecule has 2 saturated carbocycles. The molecule has 4 heteroatoms. The first-order valence-electron chi connectivity index (χ1n) is 8.04. The van der Waals surface area contributed by atoms with E-state index in [9.17, 15) is 4.79 Å². The van der Waals surface area contributed by atoms with Gasteiger partial charge in [0.15, 0.2) is 0 Å². The molecular formula is C18H23IO3. The summed E-state index contributed by atoms with van der Waals surface area (Å²) in [5.41, 5.74) is 1.21. The van der Waals surface area contributed by atoms with Crippen molar-refractivity contribution in [3.63, 3.8) is 0 Å². The van der Waals surface area contributed by atoms with Crippen LogP contribution in [0.4, 0.5) is 0 Å². The van der Waals surface area contributed by atoms with Gasteiger partial charge < -0.3 is 9.47 Å². The molecule has 1 unspecified atom stereocenters. The van der Waals surface area contributed by atoms with E-state index in [2.05, 4.69) is 34.7 Å². The summed E-state index contributed by atoms with van der Waals surface area (Å²) in [6.07, 6.45) is 3.68. The zero-order valence-corrected chi connectivity index (χ0v) is 15.3. The molecule has 0 spiro atoms. The maximum atomic E-state index is 11.9. The Morgan fingerprint density at radius 3 is 2.73 bits per heavy atom. The number of carbonyl (C=O) groups is 1. The number of carbonyl (C=O) groups excluding carboxylic acids is 1. The second kappa shape index (κ2) is 6.77. The highest BCUT2D eigenvalue weighted by atomic mass is 127. The molecule has 0 aromatic heterocycles. The van der Waals surface area contributed by atoms with Crippen LogP contribution in [0.5, 0.6) is 5.75 Å². The van der Waals surface area contributed by atoms with Crippen molar-refractivity contribution in [3.8, 4) is 5.75 Å². The third-order valence-electron chi connectivity index (χ3n) is 4.78. The molecule has 1 aromatic carbocycles. The van der Waals surface area contributed by atoms with Gasteiger partial charge >= 0.3 is 5.97 Å². The standard InChI is InChI=1S/C18H23IO3/c1-11(18(20)21-2)17(12-6-7-12)13-4-3-5-15(8-13)22-10-14-9-16(14)19/h3-5,8,11-12,14,16-17H,6-7,9-10H2,1-2H3/t11-,14?,16-,17-/m0/s1. The predicted octanol–water partition coefficient (Wildman–Crippen LogP) is 4.19. The minimum absolute atomic E-state index is 0.102. The van der Waals surface area contributed by atoms with Crippen LogP contribution in [0.1, 0.15) is 37.7 Å². The molecule has 0 radical (unpaired) electrons. The molecule has 22 heavy (non-hydrogen) atoms. The summed E-state index contributed by atoms with van der Waals surface area (Å²) in [5, 5.41) is 0. The SMILES string of the molecule is COC(=O)[C@@H](C)[C@H](c1cccc(OCC2C[C@@H]2I)c1)C1CC1. The van der Waals surface area contributed by atoms with Gasteiger partial charge in [0, 0.05) is 9.84 Å². The Labute approximate surface area is 145 Å². The van der Waals surface area contributed by atoms with Gasteiger partial charge in [0.05, 0.1) is 19.6 Å². The number of hydrogen-bond acceptors (Lipinski definition) is 3. The Bertz CT molecular complexity index is 541. The Morgan fingerprint density at radius 2 is 2.14 bits per heavy atom. The highest BCUT2D eigenvalue weighted by Gasteiger charge is 2.39. The van der Waals surface area contributed by atoms with Crippen molar-refractivity contribution in [2.24, 2.45) is 17.8 Å². The van der Waals surface area contributed by atoms with Crippen LogP contribution in [0.25, 0.3) is 0 Å². The fraction of sp³-hybridized carbons (Fsp3) is 0.611. The second-order valence-corrected chi connectivity index (χ2v) is 8.17. The maximum Gasteiger partial charge on any atom is 0.309 e. The number of halogens is 1. The highest BCUT2D eigenvalue weighted by Crippen LogP contribution is 2.47. The van der Waals surface area contributed by atoms with Crippen LogP contribution < -0.4 is 4.74 Å². The summed E-state index contributed by atoms with van der Waals surface area (Å²) < 4.78 is 11.7. The minimum atomic E-state index is -0.117. The van der Waals surface area contributed by atoms with Gasteiger partial charge in [-0.3, -0.25) is 4.79 Å². The Morgan fingerprint density at radius 1 is 1.41 bits per heavy atom. The lowest BCUT2D eigenvalue weighted by Crippen LogP contribution is -2.22. The lowest BCUT2D eigenvalue weighted by atomic mass is 9.83. The van der Waals surface area contributed by atoms with Crippen LogP contribution in [0.15, 0.2) is 24.3 Å². The van der Waals surface area contributed by atoms with E-state index >= 15 is 0 Å². The van der Waals surface area contributed by atoms with Gasteiger partial charge in [0.1, 0.15) is 5.75 Å². The molecule has 2 aliphatic rings. The van der Waals surface area contributed by atoms with E-state index < -0.39 is 0 Å². The number of benzene rings is 1. The monoisotopic (exact) mass is 414 g/mol.